The minimum atomic E-state index is -0.243. The summed E-state index contributed by atoms with van der Waals surface area (Å²) in [5, 5.41) is 7.36. The number of carbonyl (C=O) groups excluding carboxylic acids is 1. The molecule has 0 saturated heterocycles. The smallest absolute Gasteiger partial charge is 0.299 e. The van der Waals surface area contributed by atoms with Crippen molar-refractivity contribution in [3.8, 4) is 0 Å². The van der Waals surface area contributed by atoms with Gasteiger partial charge in [0.15, 0.2) is 0 Å². The van der Waals surface area contributed by atoms with Crippen LogP contribution in [0, 0.1) is 6.92 Å². The van der Waals surface area contributed by atoms with Crippen molar-refractivity contribution >= 4 is 17.3 Å². The molecule has 0 N–H and O–H groups in total. The van der Waals surface area contributed by atoms with E-state index in [-0.39, 0.29) is 5.91 Å². The van der Waals surface area contributed by atoms with Crippen LogP contribution >= 0.6 is 0 Å². The number of hydrogen-bond donors (Lipinski definition) is 0. The normalized spacial score (nSPS) is 13.2. The maximum atomic E-state index is 11.5. The van der Waals surface area contributed by atoms with Gasteiger partial charge in [-0.25, -0.2) is 0 Å². The molecule has 0 radical (unpaired) electrons. The van der Waals surface area contributed by atoms with Crippen molar-refractivity contribution in [3.63, 3.8) is 0 Å². The highest BCUT2D eigenvalue weighted by atomic mass is 16.2. The van der Waals surface area contributed by atoms with Crippen molar-refractivity contribution < 1.29 is 4.79 Å². The molecule has 1 amide bonds. The van der Waals surface area contributed by atoms with Crippen LogP contribution in [0.1, 0.15) is 15.9 Å². The van der Waals surface area contributed by atoms with E-state index < -0.39 is 0 Å². The van der Waals surface area contributed by atoms with Gasteiger partial charge in [0.1, 0.15) is 5.69 Å². The van der Waals surface area contributed by atoms with Crippen LogP contribution in [-0.4, -0.2) is 20.0 Å². The van der Waals surface area contributed by atoms with E-state index in [0.717, 1.165) is 11.3 Å². The molecule has 0 fully saturated rings. The first kappa shape index (κ1) is 8.87. The van der Waals surface area contributed by atoms with Gasteiger partial charge in [-0.2, -0.15) is 0 Å². The first-order chi connectivity index (χ1) is 6.61. The molecule has 4 heteroatoms. The Morgan fingerprint density at radius 2 is 1.93 bits per heavy atom. The molecule has 1 heterocycles. The van der Waals surface area contributed by atoms with E-state index in [1.807, 2.05) is 38.1 Å². The fourth-order valence-corrected chi connectivity index (χ4v) is 1.70. The van der Waals surface area contributed by atoms with Crippen LogP contribution in [0.3, 0.4) is 0 Å². The van der Waals surface area contributed by atoms with Gasteiger partial charge in [-0.15, -0.1) is 10.2 Å². The molecule has 0 spiro atoms. The second-order valence-electron chi connectivity index (χ2n) is 3.52. The number of anilines is 1. The Hall–Kier alpha value is -1.71. The quantitative estimate of drug-likeness (QED) is 0.680. The van der Waals surface area contributed by atoms with Crippen LogP contribution < -0.4 is 4.90 Å². The van der Waals surface area contributed by atoms with Crippen molar-refractivity contribution in [2.24, 2.45) is 10.2 Å². The number of nitrogens with zero attached hydrogens (tertiary/aromatic N) is 3. The Bertz CT molecular complexity index is 435. The van der Waals surface area contributed by atoms with E-state index in [9.17, 15) is 4.79 Å². The second kappa shape index (κ2) is 2.90. The molecule has 0 atom stereocenters. The van der Waals surface area contributed by atoms with Gasteiger partial charge in [0.05, 0.1) is 11.3 Å². The largest absolute Gasteiger partial charge is 0.377 e. The Balaban J connectivity index is 2.71. The molecule has 1 aromatic carbocycles. The standard InChI is InChI=1S/C10H11N3O/c1-6-4-5-7-8(9(6)13(2)3)10(14)12-11-7/h4-5H,1-3H3. The molecule has 72 valence electrons. The van der Waals surface area contributed by atoms with Gasteiger partial charge in [0.25, 0.3) is 5.91 Å². The van der Waals surface area contributed by atoms with Crippen LogP contribution in [0.2, 0.25) is 0 Å². The number of azo groups is 1. The number of hydrogen-bond acceptors (Lipinski definition) is 3. The molecule has 0 bridgehead atoms. The van der Waals surface area contributed by atoms with Crippen LogP contribution in [0.15, 0.2) is 22.4 Å². The van der Waals surface area contributed by atoms with Crippen LogP contribution in [0.4, 0.5) is 11.4 Å². The average molecular weight is 189 g/mol. The van der Waals surface area contributed by atoms with E-state index in [0.29, 0.717) is 11.3 Å². The Labute approximate surface area is 82.3 Å². The van der Waals surface area contributed by atoms with Crippen LogP contribution in [0.25, 0.3) is 0 Å². The number of benzene rings is 1. The molecular weight excluding hydrogens is 178 g/mol. The number of amides is 1. The van der Waals surface area contributed by atoms with Gasteiger partial charge in [-0.05, 0) is 18.6 Å². The van der Waals surface area contributed by atoms with Gasteiger partial charge in [-0.1, -0.05) is 6.07 Å². The topological polar surface area (TPSA) is 45.0 Å². The van der Waals surface area contributed by atoms with E-state index in [4.69, 9.17) is 0 Å². The maximum absolute atomic E-state index is 11.5. The summed E-state index contributed by atoms with van der Waals surface area (Å²) in [5.41, 5.74) is 3.27. The number of aryl methyl sites for hydroxylation is 1. The minimum Gasteiger partial charge on any atom is -0.377 e. The van der Waals surface area contributed by atoms with Crippen molar-refractivity contribution in [1.29, 1.82) is 0 Å². The summed E-state index contributed by atoms with van der Waals surface area (Å²) in [6, 6.07) is 3.78. The first-order valence-electron chi connectivity index (χ1n) is 4.38. The molecule has 0 unspecified atom stereocenters. The molecule has 1 aliphatic heterocycles. The zero-order valence-electron chi connectivity index (χ0n) is 8.40. The Kier molecular flexibility index (Phi) is 1.84. The van der Waals surface area contributed by atoms with E-state index in [2.05, 4.69) is 10.2 Å². The summed E-state index contributed by atoms with van der Waals surface area (Å²) in [6.45, 7) is 1.97. The number of rotatable bonds is 1. The van der Waals surface area contributed by atoms with Crippen molar-refractivity contribution in [1.82, 2.24) is 0 Å². The third kappa shape index (κ3) is 1.11. The third-order valence-corrected chi connectivity index (χ3v) is 2.27. The molecule has 0 aliphatic carbocycles. The fourth-order valence-electron chi connectivity index (χ4n) is 1.70. The zero-order valence-corrected chi connectivity index (χ0v) is 8.40. The highest BCUT2D eigenvalue weighted by Gasteiger charge is 2.23. The summed E-state index contributed by atoms with van der Waals surface area (Å²) in [4.78, 5) is 13.4. The van der Waals surface area contributed by atoms with Gasteiger partial charge < -0.3 is 4.90 Å². The fraction of sp³-hybridized carbons (Fsp3) is 0.300. The number of fused-ring (bicyclic) bond motifs is 1. The molecule has 4 nitrogen and oxygen atoms in total. The molecule has 2 rings (SSSR count). The molecule has 0 saturated carbocycles. The Morgan fingerprint density at radius 3 is 2.57 bits per heavy atom. The number of carbonyl (C=O) groups is 1. The predicted molar refractivity (Wildman–Crippen MR) is 54.4 cm³/mol. The zero-order chi connectivity index (χ0) is 10.3. The van der Waals surface area contributed by atoms with Crippen LogP contribution in [0.5, 0.6) is 0 Å². The second-order valence-corrected chi connectivity index (χ2v) is 3.52. The SMILES string of the molecule is Cc1ccc2c(c1N(C)C)C(=O)N=N2. The van der Waals surface area contributed by atoms with Crippen molar-refractivity contribution in [2.75, 3.05) is 19.0 Å². The highest BCUT2D eigenvalue weighted by Crippen LogP contribution is 2.36. The lowest BCUT2D eigenvalue weighted by Crippen LogP contribution is -2.13. The summed E-state index contributed by atoms with van der Waals surface area (Å²) < 4.78 is 0. The molecule has 1 aromatic rings. The lowest BCUT2D eigenvalue weighted by molar-refractivity contribution is 0.100. The molecule has 0 aromatic heterocycles. The molecular formula is C10H11N3O. The van der Waals surface area contributed by atoms with Gasteiger partial charge in [-0.3, -0.25) is 4.79 Å². The average Bonchev–Trinajstić information content (AvgIpc) is 2.47. The van der Waals surface area contributed by atoms with Crippen LogP contribution in [-0.2, 0) is 0 Å². The van der Waals surface area contributed by atoms with E-state index in [1.165, 1.54) is 0 Å². The maximum Gasteiger partial charge on any atom is 0.299 e. The Morgan fingerprint density at radius 1 is 1.21 bits per heavy atom. The van der Waals surface area contributed by atoms with E-state index >= 15 is 0 Å². The van der Waals surface area contributed by atoms with Gasteiger partial charge in [0, 0.05) is 14.1 Å². The van der Waals surface area contributed by atoms with Crippen molar-refractivity contribution in [3.05, 3.63) is 23.3 Å². The van der Waals surface area contributed by atoms with Gasteiger partial charge in [0.2, 0.25) is 0 Å². The molecule has 14 heavy (non-hydrogen) atoms. The van der Waals surface area contributed by atoms with E-state index in [1.54, 1.807) is 0 Å². The molecule has 1 aliphatic rings. The summed E-state index contributed by atoms with van der Waals surface area (Å²) >= 11 is 0. The monoisotopic (exact) mass is 189 g/mol. The lowest BCUT2D eigenvalue weighted by Gasteiger charge is -2.17. The predicted octanol–water partition coefficient (Wildman–Crippen LogP) is 2.30. The summed E-state index contributed by atoms with van der Waals surface area (Å²) in [6.07, 6.45) is 0. The van der Waals surface area contributed by atoms with Gasteiger partial charge >= 0.3 is 0 Å². The van der Waals surface area contributed by atoms with Crippen molar-refractivity contribution in [2.45, 2.75) is 6.92 Å². The first-order valence-corrected chi connectivity index (χ1v) is 4.38. The summed E-state index contributed by atoms with van der Waals surface area (Å²) in [7, 11) is 3.82. The minimum absolute atomic E-state index is 0.243. The highest BCUT2D eigenvalue weighted by molar-refractivity contribution is 6.07. The summed E-state index contributed by atoms with van der Waals surface area (Å²) in [5.74, 6) is -0.243. The third-order valence-electron chi connectivity index (χ3n) is 2.27. The lowest BCUT2D eigenvalue weighted by atomic mass is 10.1.